The van der Waals surface area contributed by atoms with Gasteiger partial charge in [0.15, 0.2) is 0 Å². The summed E-state index contributed by atoms with van der Waals surface area (Å²) in [5, 5.41) is 0. The number of nitrogens with one attached hydrogen (secondary N) is 1. The molecule has 2 aromatic carbocycles. The van der Waals surface area contributed by atoms with Crippen LogP contribution in [0.15, 0.2) is 57.9 Å². The highest BCUT2D eigenvalue weighted by Crippen LogP contribution is 2.28. The SMILES string of the molecule is CNS(=O)(=O)c1ccccc1N1CCN(C(C)c2ccc(Br)cc2)CC1. The van der Waals surface area contributed by atoms with E-state index in [-0.39, 0.29) is 0 Å². The van der Waals surface area contributed by atoms with Crippen molar-refractivity contribution < 1.29 is 8.42 Å². The lowest BCUT2D eigenvalue weighted by atomic mass is 10.1. The molecule has 0 saturated carbocycles. The highest BCUT2D eigenvalue weighted by molar-refractivity contribution is 9.10. The minimum absolute atomic E-state index is 0.335. The second-order valence-electron chi connectivity index (χ2n) is 6.43. The summed E-state index contributed by atoms with van der Waals surface area (Å²) in [5.74, 6) is 0. The van der Waals surface area contributed by atoms with Crippen LogP contribution in [-0.4, -0.2) is 46.5 Å². The summed E-state index contributed by atoms with van der Waals surface area (Å²) in [6.45, 7) is 5.61. The zero-order valence-corrected chi connectivity index (χ0v) is 17.4. The van der Waals surface area contributed by atoms with Crippen molar-refractivity contribution >= 4 is 31.6 Å². The number of para-hydroxylation sites is 1. The Hall–Kier alpha value is -1.41. The first kappa shape index (κ1) is 19.4. The van der Waals surface area contributed by atoms with Gasteiger partial charge >= 0.3 is 0 Å². The summed E-state index contributed by atoms with van der Waals surface area (Å²) in [7, 11) is -2.02. The molecule has 1 fully saturated rings. The van der Waals surface area contributed by atoms with Gasteiger partial charge in [0.2, 0.25) is 10.0 Å². The van der Waals surface area contributed by atoms with E-state index in [0.29, 0.717) is 10.9 Å². The van der Waals surface area contributed by atoms with Crippen molar-refractivity contribution in [1.29, 1.82) is 0 Å². The molecule has 1 atom stereocenters. The van der Waals surface area contributed by atoms with E-state index in [4.69, 9.17) is 0 Å². The van der Waals surface area contributed by atoms with Crippen LogP contribution >= 0.6 is 15.9 Å². The van der Waals surface area contributed by atoms with E-state index in [9.17, 15) is 8.42 Å². The maximum atomic E-state index is 12.3. The Morgan fingerprint density at radius 2 is 1.62 bits per heavy atom. The third kappa shape index (κ3) is 4.11. The Bertz CT molecular complexity index is 847. The van der Waals surface area contributed by atoms with E-state index in [1.54, 1.807) is 12.1 Å². The normalized spacial score (nSPS) is 17.3. The molecule has 3 rings (SSSR count). The van der Waals surface area contributed by atoms with Gasteiger partial charge in [0.05, 0.1) is 5.69 Å². The van der Waals surface area contributed by atoms with E-state index in [1.807, 2.05) is 12.1 Å². The monoisotopic (exact) mass is 437 g/mol. The predicted molar refractivity (Wildman–Crippen MR) is 109 cm³/mol. The van der Waals surface area contributed by atoms with Gasteiger partial charge in [0.1, 0.15) is 4.90 Å². The third-order valence-corrected chi connectivity index (χ3v) is 6.97. The van der Waals surface area contributed by atoms with Crippen LogP contribution in [-0.2, 0) is 10.0 Å². The topological polar surface area (TPSA) is 52.7 Å². The van der Waals surface area contributed by atoms with E-state index in [2.05, 4.69) is 61.6 Å². The van der Waals surface area contributed by atoms with Gasteiger partial charge in [-0.15, -0.1) is 0 Å². The largest absolute Gasteiger partial charge is 0.368 e. The molecule has 0 aliphatic carbocycles. The molecule has 140 valence electrons. The number of hydrogen-bond donors (Lipinski definition) is 1. The predicted octanol–water partition coefficient (Wildman–Crippen LogP) is 3.24. The van der Waals surface area contributed by atoms with Crippen molar-refractivity contribution in [2.75, 3.05) is 38.1 Å². The Balaban J connectivity index is 1.72. The summed E-state index contributed by atoms with van der Waals surface area (Å²) >= 11 is 3.48. The van der Waals surface area contributed by atoms with Gasteiger partial charge in [0.25, 0.3) is 0 Å². The van der Waals surface area contributed by atoms with Crippen LogP contribution in [0.25, 0.3) is 0 Å². The zero-order chi connectivity index (χ0) is 18.7. The molecule has 7 heteroatoms. The molecule has 0 spiro atoms. The molecule has 0 aromatic heterocycles. The number of rotatable bonds is 5. The fourth-order valence-electron chi connectivity index (χ4n) is 3.36. The van der Waals surface area contributed by atoms with Crippen LogP contribution in [0.4, 0.5) is 5.69 Å². The Morgan fingerprint density at radius 3 is 2.23 bits per heavy atom. The number of anilines is 1. The molecule has 1 N–H and O–H groups in total. The molecule has 1 unspecified atom stereocenters. The molecule has 5 nitrogen and oxygen atoms in total. The van der Waals surface area contributed by atoms with Crippen LogP contribution in [0.1, 0.15) is 18.5 Å². The molecule has 2 aromatic rings. The second kappa shape index (κ2) is 8.08. The molecule has 1 heterocycles. The first-order valence-electron chi connectivity index (χ1n) is 8.69. The third-order valence-electron chi connectivity index (χ3n) is 4.98. The van der Waals surface area contributed by atoms with Crippen LogP contribution in [0.2, 0.25) is 0 Å². The molecule has 26 heavy (non-hydrogen) atoms. The van der Waals surface area contributed by atoms with Crippen molar-refractivity contribution in [2.24, 2.45) is 0 Å². The molecule has 0 amide bonds. The van der Waals surface area contributed by atoms with Crippen molar-refractivity contribution in [3.63, 3.8) is 0 Å². The van der Waals surface area contributed by atoms with E-state index >= 15 is 0 Å². The maximum absolute atomic E-state index is 12.3. The molecule has 0 radical (unpaired) electrons. The summed E-state index contributed by atoms with van der Waals surface area (Å²) in [6.07, 6.45) is 0. The Kier molecular flexibility index (Phi) is 6.02. The van der Waals surface area contributed by atoms with Gasteiger partial charge in [-0.3, -0.25) is 4.90 Å². The lowest BCUT2D eigenvalue weighted by Crippen LogP contribution is -2.47. The van der Waals surface area contributed by atoms with Crippen molar-refractivity contribution in [3.8, 4) is 0 Å². The minimum Gasteiger partial charge on any atom is -0.368 e. The number of piperazine rings is 1. The summed E-state index contributed by atoms with van der Waals surface area (Å²) < 4.78 is 28.1. The number of benzene rings is 2. The molecular weight excluding hydrogens is 414 g/mol. The first-order valence-corrected chi connectivity index (χ1v) is 11.0. The fraction of sp³-hybridized carbons (Fsp3) is 0.368. The summed E-state index contributed by atoms with van der Waals surface area (Å²) in [4.78, 5) is 4.95. The lowest BCUT2D eigenvalue weighted by molar-refractivity contribution is 0.198. The number of halogens is 1. The molecule has 1 saturated heterocycles. The van der Waals surface area contributed by atoms with Gasteiger partial charge in [-0.05, 0) is 43.8 Å². The zero-order valence-electron chi connectivity index (χ0n) is 15.0. The van der Waals surface area contributed by atoms with Crippen LogP contribution in [0, 0.1) is 0 Å². The van der Waals surface area contributed by atoms with E-state index in [1.165, 1.54) is 12.6 Å². The number of sulfonamides is 1. The van der Waals surface area contributed by atoms with Crippen LogP contribution in [0.5, 0.6) is 0 Å². The summed E-state index contributed by atoms with van der Waals surface area (Å²) in [6, 6.07) is 16.0. The van der Waals surface area contributed by atoms with Crippen molar-refractivity contribution in [1.82, 2.24) is 9.62 Å². The standard InChI is InChI=1S/C19H24BrN3O2S/c1-15(16-7-9-17(20)10-8-16)22-11-13-23(14-12-22)18-5-3-4-6-19(18)26(24,25)21-2/h3-10,15,21H,11-14H2,1-2H3. The van der Waals surface area contributed by atoms with E-state index < -0.39 is 10.0 Å². The van der Waals surface area contributed by atoms with E-state index in [0.717, 1.165) is 36.3 Å². The second-order valence-corrected chi connectivity index (χ2v) is 9.20. The molecular formula is C19H24BrN3O2S. The summed E-state index contributed by atoms with van der Waals surface area (Å²) in [5.41, 5.74) is 2.07. The van der Waals surface area contributed by atoms with Crippen LogP contribution < -0.4 is 9.62 Å². The fourth-order valence-corrected chi connectivity index (χ4v) is 4.57. The lowest BCUT2D eigenvalue weighted by Gasteiger charge is -2.39. The van der Waals surface area contributed by atoms with Crippen molar-refractivity contribution in [2.45, 2.75) is 17.9 Å². The average Bonchev–Trinajstić information content (AvgIpc) is 2.68. The van der Waals surface area contributed by atoms with Crippen LogP contribution in [0.3, 0.4) is 0 Å². The smallest absolute Gasteiger partial charge is 0.242 e. The average molecular weight is 438 g/mol. The highest BCUT2D eigenvalue weighted by Gasteiger charge is 2.26. The van der Waals surface area contributed by atoms with Gasteiger partial charge in [-0.2, -0.15) is 0 Å². The first-order chi connectivity index (χ1) is 12.4. The van der Waals surface area contributed by atoms with Gasteiger partial charge in [-0.25, -0.2) is 13.1 Å². The van der Waals surface area contributed by atoms with Gasteiger partial charge in [-0.1, -0.05) is 40.2 Å². The van der Waals surface area contributed by atoms with Gasteiger partial charge < -0.3 is 4.90 Å². The minimum atomic E-state index is -3.46. The molecule has 1 aliphatic rings. The quantitative estimate of drug-likeness (QED) is 0.779. The number of nitrogens with zero attached hydrogens (tertiary/aromatic N) is 2. The molecule has 1 aliphatic heterocycles. The Morgan fingerprint density at radius 1 is 1.00 bits per heavy atom. The van der Waals surface area contributed by atoms with Crippen molar-refractivity contribution in [3.05, 3.63) is 58.6 Å². The number of hydrogen-bond acceptors (Lipinski definition) is 4. The van der Waals surface area contributed by atoms with Gasteiger partial charge in [0, 0.05) is 36.7 Å². The molecule has 0 bridgehead atoms. The highest BCUT2D eigenvalue weighted by atomic mass is 79.9. The Labute approximate surface area is 164 Å². The maximum Gasteiger partial charge on any atom is 0.242 e.